The van der Waals surface area contributed by atoms with Gasteiger partial charge in [0, 0.05) is 18.8 Å². The lowest BCUT2D eigenvalue weighted by Crippen LogP contribution is -2.36. The van der Waals surface area contributed by atoms with E-state index in [1.165, 1.54) is 0 Å². The van der Waals surface area contributed by atoms with Gasteiger partial charge in [-0.2, -0.15) is 5.10 Å². The molecule has 1 aliphatic rings. The van der Waals surface area contributed by atoms with Crippen molar-refractivity contribution in [2.45, 2.75) is 18.5 Å². The van der Waals surface area contributed by atoms with Crippen LogP contribution in [0.5, 0.6) is 0 Å². The Bertz CT molecular complexity index is 289. The van der Waals surface area contributed by atoms with E-state index in [2.05, 4.69) is 10.4 Å². The highest BCUT2D eigenvalue weighted by molar-refractivity contribution is 5.16. The van der Waals surface area contributed by atoms with Gasteiger partial charge >= 0.3 is 0 Å². The standard InChI is InChI=1S/C9H14FN3/c1-13-7-8(6-12-13)9(10)2-4-11-5-3-9/h6-7,11H,2-5H2,1H3. The van der Waals surface area contributed by atoms with Gasteiger partial charge in [0.2, 0.25) is 0 Å². The van der Waals surface area contributed by atoms with Crippen LogP contribution in [0.4, 0.5) is 4.39 Å². The summed E-state index contributed by atoms with van der Waals surface area (Å²) in [5.41, 5.74) is -0.434. The van der Waals surface area contributed by atoms with Crippen molar-refractivity contribution in [3.05, 3.63) is 18.0 Å². The highest BCUT2D eigenvalue weighted by Gasteiger charge is 2.34. The molecule has 1 N–H and O–H groups in total. The van der Waals surface area contributed by atoms with E-state index in [0.717, 1.165) is 18.7 Å². The molecule has 0 atom stereocenters. The van der Waals surface area contributed by atoms with Gasteiger partial charge in [0.25, 0.3) is 0 Å². The van der Waals surface area contributed by atoms with Crippen molar-refractivity contribution in [1.82, 2.24) is 15.1 Å². The SMILES string of the molecule is Cn1cc(C2(F)CCNCC2)cn1. The van der Waals surface area contributed by atoms with Gasteiger partial charge in [-0.3, -0.25) is 4.68 Å². The predicted octanol–water partition coefficient (Wildman–Crippen LogP) is 0.968. The molecule has 72 valence electrons. The van der Waals surface area contributed by atoms with Crippen molar-refractivity contribution in [3.8, 4) is 0 Å². The van der Waals surface area contributed by atoms with Gasteiger partial charge in [0.05, 0.1) is 6.20 Å². The first-order valence-electron chi connectivity index (χ1n) is 4.59. The lowest BCUT2D eigenvalue weighted by atomic mass is 9.89. The number of nitrogens with one attached hydrogen (secondary N) is 1. The first-order chi connectivity index (χ1) is 6.21. The minimum absolute atomic E-state index is 0.554. The molecule has 4 heteroatoms. The first kappa shape index (κ1) is 8.69. The Morgan fingerprint density at radius 1 is 1.54 bits per heavy atom. The fourth-order valence-corrected chi connectivity index (χ4v) is 1.76. The second-order valence-corrected chi connectivity index (χ2v) is 3.62. The molecule has 0 radical (unpaired) electrons. The number of hydrogen-bond acceptors (Lipinski definition) is 2. The van der Waals surface area contributed by atoms with Gasteiger partial charge in [-0.15, -0.1) is 0 Å². The topological polar surface area (TPSA) is 29.9 Å². The predicted molar refractivity (Wildman–Crippen MR) is 48.1 cm³/mol. The minimum atomic E-state index is -1.15. The van der Waals surface area contributed by atoms with Crippen LogP contribution < -0.4 is 5.32 Å². The fourth-order valence-electron chi connectivity index (χ4n) is 1.76. The summed E-state index contributed by atoms with van der Waals surface area (Å²) in [6.07, 6.45) is 4.51. The molecule has 3 nitrogen and oxygen atoms in total. The normalized spacial score (nSPS) is 21.7. The van der Waals surface area contributed by atoms with E-state index in [-0.39, 0.29) is 0 Å². The van der Waals surface area contributed by atoms with Crippen molar-refractivity contribution in [3.63, 3.8) is 0 Å². The molecule has 0 amide bonds. The monoisotopic (exact) mass is 183 g/mol. The zero-order chi connectivity index (χ0) is 9.31. The molecule has 0 unspecified atom stereocenters. The molecule has 0 spiro atoms. The number of alkyl halides is 1. The Morgan fingerprint density at radius 3 is 2.77 bits per heavy atom. The van der Waals surface area contributed by atoms with Crippen molar-refractivity contribution in [2.75, 3.05) is 13.1 Å². The zero-order valence-electron chi connectivity index (χ0n) is 7.76. The lowest BCUT2D eigenvalue weighted by Gasteiger charge is -2.28. The van der Waals surface area contributed by atoms with Crippen molar-refractivity contribution in [2.24, 2.45) is 7.05 Å². The number of piperidine rings is 1. The maximum Gasteiger partial charge on any atom is 0.141 e. The van der Waals surface area contributed by atoms with Gasteiger partial charge in [-0.1, -0.05) is 0 Å². The summed E-state index contributed by atoms with van der Waals surface area (Å²) in [6, 6.07) is 0. The number of halogens is 1. The molecule has 1 aliphatic heterocycles. The van der Waals surface area contributed by atoms with E-state index in [1.54, 1.807) is 17.1 Å². The summed E-state index contributed by atoms with van der Waals surface area (Å²) in [7, 11) is 1.81. The van der Waals surface area contributed by atoms with Crippen LogP contribution in [0.3, 0.4) is 0 Å². The summed E-state index contributed by atoms with van der Waals surface area (Å²) < 4.78 is 15.9. The maximum absolute atomic E-state index is 14.2. The Labute approximate surface area is 76.9 Å². The summed E-state index contributed by atoms with van der Waals surface area (Å²) >= 11 is 0. The largest absolute Gasteiger partial charge is 0.316 e. The van der Waals surface area contributed by atoms with Crippen molar-refractivity contribution < 1.29 is 4.39 Å². The number of hydrogen-bond donors (Lipinski definition) is 1. The molecular formula is C9H14FN3. The number of aromatic nitrogens is 2. The molecule has 0 aromatic carbocycles. The molecule has 0 aliphatic carbocycles. The minimum Gasteiger partial charge on any atom is -0.316 e. The first-order valence-corrected chi connectivity index (χ1v) is 4.59. The third-order valence-corrected chi connectivity index (χ3v) is 2.62. The van der Waals surface area contributed by atoms with Crippen LogP contribution in [0.25, 0.3) is 0 Å². The third kappa shape index (κ3) is 1.58. The Kier molecular flexibility index (Phi) is 2.07. The van der Waals surface area contributed by atoms with Crippen molar-refractivity contribution in [1.29, 1.82) is 0 Å². The Balaban J connectivity index is 2.22. The van der Waals surface area contributed by atoms with Gasteiger partial charge in [0.15, 0.2) is 0 Å². The second-order valence-electron chi connectivity index (χ2n) is 3.62. The van der Waals surface area contributed by atoms with Crippen LogP contribution in [-0.4, -0.2) is 22.9 Å². The fraction of sp³-hybridized carbons (Fsp3) is 0.667. The van der Waals surface area contributed by atoms with Crippen LogP contribution in [-0.2, 0) is 12.7 Å². The van der Waals surface area contributed by atoms with Gasteiger partial charge in [-0.25, -0.2) is 4.39 Å². The zero-order valence-corrected chi connectivity index (χ0v) is 7.76. The number of aryl methyl sites for hydroxylation is 1. The van der Waals surface area contributed by atoms with E-state index < -0.39 is 5.67 Å². The molecule has 2 rings (SSSR count). The Morgan fingerprint density at radius 2 is 2.23 bits per heavy atom. The number of rotatable bonds is 1. The van der Waals surface area contributed by atoms with Gasteiger partial charge in [0.1, 0.15) is 5.67 Å². The molecule has 0 bridgehead atoms. The van der Waals surface area contributed by atoms with Crippen LogP contribution in [0.15, 0.2) is 12.4 Å². The summed E-state index contributed by atoms with van der Waals surface area (Å²) in [4.78, 5) is 0. The third-order valence-electron chi connectivity index (χ3n) is 2.62. The smallest absolute Gasteiger partial charge is 0.141 e. The van der Waals surface area contributed by atoms with E-state index in [1.807, 2.05) is 7.05 Å². The molecule has 13 heavy (non-hydrogen) atoms. The summed E-state index contributed by atoms with van der Waals surface area (Å²) in [5.74, 6) is 0. The van der Waals surface area contributed by atoms with Crippen LogP contribution in [0, 0.1) is 0 Å². The molecule has 1 aromatic rings. The van der Waals surface area contributed by atoms with Crippen LogP contribution >= 0.6 is 0 Å². The van der Waals surface area contributed by atoms with Gasteiger partial charge < -0.3 is 5.32 Å². The average molecular weight is 183 g/mol. The second kappa shape index (κ2) is 3.10. The molecular weight excluding hydrogens is 169 g/mol. The molecule has 1 aromatic heterocycles. The van der Waals surface area contributed by atoms with E-state index in [4.69, 9.17) is 0 Å². The highest BCUT2D eigenvalue weighted by atomic mass is 19.1. The molecule has 1 saturated heterocycles. The molecule has 0 saturated carbocycles. The molecule has 2 heterocycles. The summed E-state index contributed by atoms with van der Waals surface area (Å²) in [6.45, 7) is 1.51. The van der Waals surface area contributed by atoms with Crippen molar-refractivity contribution >= 4 is 0 Å². The van der Waals surface area contributed by atoms with Crippen LogP contribution in [0.2, 0.25) is 0 Å². The molecule has 1 fully saturated rings. The highest BCUT2D eigenvalue weighted by Crippen LogP contribution is 2.34. The van der Waals surface area contributed by atoms with E-state index in [0.29, 0.717) is 12.8 Å². The quantitative estimate of drug-likeness (QED) is 0.703. The van der Waals surface area contributed by atoms with E-state index in [9.17, 15) is 4.39 Å². The number of nitrogens with zero attached hydrogens (tertiary/aromatic N) is 2. The average Bonchev–Trinajstić information content (AvgIpc) is 2.54. The lowest BCUT2D eigenvalue weighted by molar-refractivity contribution is 0.115. The summed E-state index contributed by atoms with van der Waals surface area (Å²) in [5, 5.41) is 7.14. The maximum atomic E-state index is 14.2. The van der Waals surface area contributed by atoms with Gasteiger partial charge in [-0.05, 0) is 25.9 Å². The van der Waals surface area contributed by atoms with E-state index >= 15 is 0 Å². The van der Waals surface area contributed by atoms with Crippen LogP contribution in [0.1, 0.15) is 18.4 Å². The Hall–Kier alpha value is -0.900.